The van der Waals surface area contributed by atoms with E-state index in [4.69, 9.17) is 5.50 Å². The molecule has 1 nitrogen and oxygen atoms in total. The van der Waals surface area contributed by atoms with Gasteiger partial charge in [-0.1, -0.05) is 0 Å². The van der Waals surface area contributed by atoms with Crippen molar-refractivity contribution in [3.63, 3.8) is 0 Å². The molecule has 0 aromatic heterocycles. The Morgan fingerprint density at radius 1 is 0.571 bits per heavy atom. The summed E-state index contributed by atoms with van der Waals surface area (Å²) in [5.74, 6) is 0. The quantitative estimate of drug-likeness (QED) is 0.612. The van der Waals surface area contributed by atoms with Crippen molar-refractivity contribution in [1.82, 2.24) is 0 Å². The van der Waals surface area contributed by atoms with Gasteiger partial charge in [-0.15, -0.1) is 0 Å². The molecule has 0 fully saturated rings. The van der Waals surface area contributed by atoms with Crippen LogP contribution in [0, 0.1) is 0 Å². The third kappa shape index (κ3) is 2.14. The van der Waals surface area contributed by atoms with Gasteiger partial charge in [0.05, 0.1) is 0 Å². The Hall–Kier alpha value is 0.390. The fraction of sp³-hybridized carbons (Fsp3) is 1.00. The third-order valence-electron chi connectivity index (χ3n) is 3.55. The van der Waals surface area contributed by atoms with Gasteiger partial charge in [0.1, 0.15) is 0 Å². The van der Waals surface area contributed by atoms with Crippen molar-refractivity contribution in [1.29, 1.82) is 0 Å². The van der Waals surface area contributed by atoms with Gasteiger partial charge < -0.3 is 0 Å². The van der Waals surface area contributed by atoms with Crippen molar-refractivity contribution in [2.45, 2.75) is 77.8 Å². The first-order chi connectivity index (χ1) is 5.75. The number of hydrogen-bond acceptors (Lipinski definition) is 1. The van der Waals surface area contributed by atoms with Crippen LogP contribution in [-0.2, 0) is 0 Å². The molecule has 88 valence electrons. The zero-order valence-corrected chi connectivity index (χ0v) is 12.6. The third-order valence-corrected chi connectivity index (χ3v) is 10.6. The first-order valence-electron chi connectivity index (χ1n) is 5.54. The molecule has 0 aliphatic heterocycles. The fourth-order valence-electron chi connectivity index (χ4n) is 3.38. The summed E-state index contributed by atoms with van der Waals surface area (Å²) in [7, 11) is -1.85. The van der Waals surface area contributed by atoms with E-state index in [9.17, 15) is 0 Å². The van der Waals surface area contributed by atoms with Crippen molar-refractivity contribution >= 4 is 7.41 Å². The Kier molecular flexibility index (Phi) is 3.55. The van der Waals surface area contributed by atoms with Gasteiger partial charge in [-0.2, -0.15) is 0 Å². The Labute approximate surface area is 91.2 Å². The summed E-state index contributed by atoms with van der Waals surface area (Å²) < 4.78 is 0. The second-order valence-corrected chi connectivity index (χ2v) is 13.7. The Balaban J connectivity index is 5.54. The van der Waals surface area contributed by atoms with E-state index in [-0.39, 0.29) is 15.5 Å². The average molecular weight is 219 g/mol. The SMILES string of the molecule is CC(C)(C)[PH](N)(C(C)(C)C)C(C)(C)C. The number of rotatable bonds is 0. The van der Waals surface area contributed by atoms with Crippen LogP contribution >= 0.6 is 7.41 Å². The maximum absolute atomic E-state index is 6.87. The summed E-state index contributed by atoms with van der Waals surface area (Å²) >= 11 is 0. The molecule has 2 N–H and O–H groups in total. The number of nitrogens with two attached hydrogens (primary N) is 1. The van der Waals surface area contributed by atoms with Crippen LogP contribution in [0.1, 0.15) is 62.3 Å². The van der Waals surface area contributed by atoms with E-state index < -0.39 is 7.41 Å². The molecule has 0 aliphatic rings. The zero-order valence-electron chi connectivity index (χ0n) is 11.6. The van der Waals surface area contributed by atoms with Crippen LogP contribution in [0.15, 0.2) is 0 Å². The predicted molar refractivity (Wildman–Crippen MR) is 71.8 cm³/mol. The Morgan fingerprint density at radius 2 is 0.714 bits per heavy atom. The second-order valence-electron chi connectivity index (χ2n) is 7.56. The van der Waals surface area contributed by atoms with Gasteiger partial charge in [-0.05, 0) is 0 Å². The van der Waals surface area contributed by atoms with Crippen molar-refractivity contribution in [3.05, 3.63) is 0 Å². The molecule has 0 atom stereocenters. The van der Waals surface area contributed by atoms with Crippen LogP contribution in [-0.4, -0.2) is 15.5 Å². The summed E-state index contributed by atoms with van der Waals surface area (Å²) in [6.07, 6.45) is 0. The standard InChI is InChI=1S/C12H30NP/c1-10(2,3)14(13,11(4,5)6)12(7,8)9/h14H,13H2,1-9H3. The van der Waals surface area contributed by atoms with Gasteiger partial charge in [0.15, 0.2) is 0 Å². The minimum atomic E-state index is -1.85. The van der Waals surface area contributed by atoms with Crippen molar-refractivity contribution in [3.8, 4) is 0 Å². The molecular formula is C12H30NP. The van der Waals surface area contributed by atoms with Gasteiger partial charge in [0, 0.05) is 0 Å². The van der Waals surface area contributed by atoms with Crippen LogP contribution in [0.25, 0.3) is 0 Å². The summed E-state index contributed by atoms with van der Waals surface area (Å²) in [6.45, 7) is 20.7. The summed E-state index contributed by atoms with van der Waals surface area (Å²) in [6, 6.07) is 0. The normalized spacial score (nSPS) is 17.0. The van der Waals surface area contributed by atoms with Crippen molar-refractivity contribution in [2.75, 3.05) is 0 Å². The molecule has 0 unspecified atom stereocenters. The molecule has 0 aromatic rings. The molecule has 0 amide bonds. The van der Waals surface area contributed by atoms with Crippen molar-refractivity contribution < 1.29 is 0 Å². The molecule has 0 aliphatic carbocycles. The van der Waals surface area contributed by atoms with Crippen LogP contribution < -0.4 is 5.50 Å². The molecule has 0 radical (unpaired) electrons. The van der Waals surface area contributed by atoms with Gasteiger partial charge in [-0.25, -0.2) is 0 Å². The van der Waals surface area contributed by atoms with E-state index in [1.54, 1.807) is 0 Å². The summed E-state index contributed by atoms with van der Waals surface area (Å²) in [5.41, 5.74) is 6.87. The first-order valence-corrected chi connectivity index (χ1v) is 7.62. The molecule has 0 saturated carbocycles. The Morgan fingerprint density at radius 3 is 0.714 bits per heavy atom. The van der Waals surface area contributed by atoms with Crippen LogP contribution in [0.3, 0.4) is 0 Å². The Bertz CT molecular complexity index is 164. The molecule has 0 rings (SSSR count). The maximum atomic E-state index is 6.87. The molecular weight excluding hydrogens is 189 g/mol. The van der Waals surface area contributed by atoms with Gasteiger partial charge in [-0.3, -0.25) is 0 Å². The van der Waals surface area contributed by atoms with Crippen molar-refractivity contribution in [2.24, 2.45) is 5.50 Å². The predicted octanol–water partition coefficient (Wildman–Crippen LogP) is 4.01. The van der Waals surface area contributed by atoms with Gasteiger partial charge >= 0.3 is 90.7 Å². The summed E-state index contributed by atoms with van der Waals surface area (Å²) in [4.78, 5) is 0. The average Bonchev–Trinajstić information content (AvgIpc) is 1.77. The number of hydrogen-bond donors (Lipinski definition) is 1. The van der Waals surface area contributed by atoms with Crippen LogP contribution in [0.2, 0.25) is 0 Å². The molecule has 0 heterocycles. The molecule has 0 saturated heterocycles. The molecule has 14 heavy (non-hydrogen) atoms. The zero-order chi connectivity index (χ0) is 12.0. The fourth-order valence-corrected chi connectivity index (χ4v) is 10.1. The van der Waals surface area contributed by atoms with E-state index in [1.807, 2.05) is 0 Å². The van der Waals surface area contributed by atoms with E-state index in [1.165, 1.54) is 0 Å². The monoisotopic (exact) mass is 219 g/mol. The molecule has 2 heteroatoms. The minimum absolute atomic E-state index is 0.240. The van der Waals surface area contributed by atoms with Crippen LogP contribution in [0.4, 0.5) is 0 Å². The van der Waals surface area contributed by atoms with Gasteiger partial charge in [0.2, 0.25) is 0 Å². The molecule has 0 bridgehead atoms. The summed E-state index contributed by atoms with van der Waals surface area (Å²) in [5, 5.41) is 0.719. The molecule has 0 aromatic carbocycles. The molecule has 0 spiro atoms. The van der Waals surface area contributed by atoms with E-state index in [2.05, 4.69) is 62.3 Å². The van der Waals surface area contributed by atoms with Crippen LogP contribution in [0.5, 0.6) is 0 Å². The van der Waals surface area contributed by atoms with E-state index >= 15 is 0 Å². The first kappa shape index (κ1) is 14.4. The van der Waals surface area contributed by atoms with E-state index in [0.717, 1.165) is 0 Å². The van der Waals surface area contributed by atoms with E-state index in [0.29, 0.717) is 0 Å². The van der Waals surface area contributed by atoms with Gasteiger partial charge in [0.25, 0.3) is 0 Å². The topological polar surface area (TPSA) is 26.0 Å². The second kappa shape index (κ2) is 3.46.